The number of carboxylic acids is 1. The first-order valence-electron chi connectivity index (χ1n) is 9.24. The van der Waals surface area contributed by atoms with Crippen LogP contribution >= 0.6 is 0 Å². The predicted octanol–water partition coefficient (Wildman–Crippen LogP) is 4.36. The van der Waals surface area contributed by atoms with Crippen LogP contribution in [0.15, 0.2) is 90.0 Å². The number of amides is 1. The van der Waals surface area contributed by atoms with E-state index < -0.39 is 11.9 Å². The third-order valence-electron chi connectivity index (χ3n) is 4.59. The van der Waals surface area contributed by atoms with Crippen molar-refractivity contribution in [1.29, 1.82) is 0 Å². The molecule has 6 heteroatoms. The van der Waals surface area contributed by atoms with Crippen molar-refractivity contribution in [3.63, 3.8) is 0 Å². The van der Waals surface area contributed by atoms with E-state index in [2.05, 4.69) is 15.5 Å². The molecule has 30 heavy (non-hydrogen) atoms. The van der Waals surface area contributed by atoms with Crippen molar-refractivity contribution >= 4 is 29.0 Å². The zero-order valence-electron chi connectivity index (χ0n) is 15.8. The molecule has 0 saturated carbocycles. The van der Waals surface area contributed by atoms with Crippen molar-refractivity contribution < 1.29 is 14.7 Å². The van der Waals surface area contributed by atoms with E-state index in [9.17, 15) is 14.7 Å². The average molecular weight is 395 g/mol. The number of rotatable bonds is 5. The maximum Gasteiger partial charge on any atom is 0.336 e. The Bertz CT molecular complexity index is 1270. The second-order valence-corrected chi connectivity index (χ2v) is 6.53. The van der Waals surface area contributed by atoms with Crippen molar-refractivity contribution in [2.75, 3.05) is 0 Å². The van der Waals surface area contributed by atoms with E-state index in [0.29, 0.717) is 27.7 Å². The minimum Gasteiger partial charge on any atom is -0.478 e. The molecule has 4 aromatic rings. The normalized spacial score (nSPS) is 10.9. The van der Waals surface area contributed by atoms with E-state index in [1.165, 1.54) is 12.3 Å². The molecule has 1 amide bonds. The Kier molecular flexibility index (Phi) is 5.30. The van der Waals surface area contributed by atoms with Crippen LogP contribution in [-0.4, -0.2) is 28.2 Å². The van der Waals surface area contributed by atoms with E-state index in [4.69, 9.17) is 0 Å². The lowest BCUT2D eigenvalue weighted by Gasteiger charge is -2.09. The molecule has 0 atom stereocenters. The number of carbonyl (C=O) groups is 2. The molecule has 0 aliphatic heterocycles. The molecule has 0 bridgehead atoms. The van der Waals surface area contributed by atoms with Gasteiger partial charge in [-0.1, -0.05) is 66.7 Å². The summed E-state index contributed by atoms with van der Waals surface area (Å²) >= 11 is 0. The highest BCUT2D eigenvalue weighted by Crippen LogP contribution is 2.24. The summed E-state index contributed by atoms with van der Waals surface area (Å²) < 4.78 is 0. The summed E-state index contributed by atoms with van der Waals surface area (Å²) in [4.78, 5) is 28.8. The van der Waals surface area contributed by atoms with Crippen molar-refractivity contribution in [3.8, 4) is 11.3 Å². The predicted molar refractivity (Wildman–Crippen MR) is 116 cm³/mol. The molecule has 1 heterocycles. The van der Waals surface area contributed by atoms with Crippen LogP contribution in [0.1, 0.15) is 26.3 Å². The van der Waals surface area contributed by atoms with E-state index >= 15 is 0 Å². The Morgan fingerprint density at radius 2 is 1.57 bits per heavy atom. The number of nitrogens with one attached hydrogen (secondary N) is 1. The van der Waals surface area contributed by atoms with Crippen LogP contribution in [0.5, 0.6) is 0 Å². The van der Waals surface area contributed by atoms with Gasteiger partial charge in [0.15, 0.2) is 0 Å². The number of benzene rings is 3. The molecule has 3 aromatic carbocycles. The summed E-state index contributed by atoms with van der Waals surface area (Å²) in [5.41, 5.74) is 5.71. The first kappa shape index (κ1) is 19.0. The fourth-order valence-electron chi connectivity index (χ4n) is 3.15. The van der Waals surface area contributed by atoms with Crippen LogP contribution in [0, 0.1) is 0 Å². The smallest absolute Gasteiger partial charge is 0.336 e. The highest BCUT2D eigenvalue weighted by atomic mass is 16.4. The number of carbonyl (C=O) groups excluding carboxylic acids is 1. The van der Waals surface area contributed by atoms with Gasteiger partial charge in [-0.2, -0.15) is 5.10 Å². The molecule has 0 radical (unpaired) electrons. The molecular formula is C24H17N3O3. The Labute approximate surface area is 172 Å². The standard InChI is InChI=1S/C24H17N3O3/c28-23(27-25-15-17-10-4-5-11-18(17)24(29)30)20-14-22(16-8-2-1-3-9-16)26-21-13-7-6-12-19(20)21/h1-15H,(H,27,28)(H,29,30). The van der Waals surface area contributed by atoms with Crippen LogP contribution < -0.4 is 5.43 Å². The first-order valence-corrected chi connectivity index (χ1v) is 9.24. The molecule has 146 valence electrons. The third-order valence-corrected chi connectivity index (χ3v) is 4.59. The van der Waals surface area contributed by atoms with Gasteiger partial charge in [0.1, 0.15) is 0 Å². The minimum absolute atomic E-state index is 0.108. The van der Waals surface area contributed by atoms with E-state index in [0.717, 1.165) is 5.56 Å². The van der Waals surface area contributed by atoms with Gasteiger partial charge in [-0.05, 0) is 18.2 Å². The van der Waals surface area contributed by atoms with Gasteiger partial charge in [0.25, 0.3) is 5.91 Å². The molecule has 1 aromatic heterocycles. The van der Waals surface area contributed by atoms with Gasteiger partial charge in [0.2, 0.25) is 0 Å². The van der Waals surface area contributed by atoms with Crippen molar-refractivity contribution in [2.24, 2.45) is 5.10 Å². The van der Waals surface area contributed by atoms with Gasteiger partial charge >= 0.3 is 5.97 Å². The van der Waals surface area contributed by atoms with E-state index in [1.54, 1.807) is 24.3 Å². The number of hydrogen-bond donors (Lipinski definition) is 2. The van der Waals surface area contributed by atoms with Gasteiger partial charge in [-0.15, -0.1) is 0 Å². The summed E-state index contributed by atoms with van der Waals surface area (Å²) in [5.74, 6) is -1.47. The maximum absolute atomic E-state index is 12.9. The van der Waals surface area contributed by atoms with Gasteiger partial charge in [0, 0.05) is 16.5 Å². The molecular weight excluding hydrogens is 378 g/mol. The first-order chi connectivity index (χ1) is 14.6. The largest absolute Gasteiger partial charge is 0.478 e. The van der Waals surface area contributed by atoms with Crippen LogP contribution in [-0.2, 0) is 0 Å². The summed E-state index contributed by atoms with van der Waals surface area (Å²) in [5, 5.41) is 13.9. The van der Waals surface area contributed by atoms with Crippen molar-refractivity contribution in [3.05, 3.63) is 102 Å². The van der Waals surface area contributed by atoms with Gasteiger partial charge in [0.05, 0.1) is 28.6 Å². The summed E-state index contributed by atoms with van der Waals surface area (Å²) in [6, 6.07) is 25.2. The molecule has 0 aliphatic carbocycles. The van der Waals surface area contributed by atoms with Crippen molar-refractivity contribution in [2.45, 2.75) is 0 Å². The molecule has 0 saturated heterocycles. The number of fused-ring (bicyclic) bond motifs is 1. The highest BCUT2D eigenvalue weighted by molar-refractivity contribution is 6.07. The lowest BCUT2D eigenvalue weighted by Crippen LogP contribution is -2.18. The molecule has 0 aliphatic rings. The number of aromatic nitrogens is 1. The fraction of sp³-hybridized carbons (Fsp3) is 0. The third kappa shape index (κ3) is 3.93. The Morgan fingerprint density at radius 3 is 2.37 bits per heavy atom. The van der Waals surface area contributed by atoms with E-state index in [1.807, 2.05) is 54.6 Å². The van der Waals surface area contributed by atoms with Crippen LogP contribution in [0.3, 0.4) is 0 Å². The number of para-hydroxylation sites is 1. The van der Waals surface area contributed by atoms with Gasteiger partial charge < -0.3 is 5.11 Å². The summed E-state index contributed by atoms with van der Waals surface area (Å²) in [6.07, 6.45) is 1.32. The fourth-order valence-corrected chi connectivity index (χ4v) is 3.15. The molecule has 0 unspecified atom stereocenters. The lowest BCUT2D eigenvalue weighted by atomic mass is 10.0. The number of pyridine rings is 1. The number of nitrogens with zero attached hydrogens (tertiary/aromatic N) is 2. The number of carboxylic acid groups (broad SMARTS) is 1. The Morgan fingerprint density at radius 1 is 0.867 bits per heavy atom. The van der Waals surface area contributed by atoms with E-state index in [-0.39, 0.29) is 5.56 Å². The second kappa shape index (κ2) is 8.36. The molecule has 4 rings (SSSR count). The molecule has 0 fully saturated rings. The van der Waals surface area contributed by atoms with Crippen LogP contribution in [0.4, 0.5) is 0 Å². The average Bonchev–Trinajstić information content (AvgIpc) is 2.79. The van der Waals surface area contributed by atoms with Crippen molar-refractivity contribution in [1.82, 2.24) is 10.4 Å². The summed E-state index contributed by atoms with van der Waals surface area (Å²) in [6.45, 7) is 0. The highest BCUT2D eigenvalue weighted by Gasteiger charge is 2.14. The molecule has 6 nitrogen and oxygen atoms in total. The summed E-state index contributed by atoms with van der Waals surface area (Å²) in [7, 11) is 0. The monoisotopic (exact) mass is 395 g/mol. The Balaban J connectivity index is 1.67. The molecule has 2 N–H and O–H groups in total. The lowest BCUT2D eigenvalue weighted by molar-refractivity contribution is 0.0696. The number of hydrazone groups is 1. The maximum atomic E-state index is 12.9. The van der Waals surface area contributed by atoms with Gasteiger partial charge in [-0.25, -0.2) is 15.2 Å². The number of hydrogen-bond acceptors (Lipinski definition) is 4. The number of aromatic carboxylic acids is 1. The van der Waals surface area contributed by atoms with Gasteiger partial charge in [-0.3, -0.25) is 4.79 Å². The minimum atomic E-state index is -1.06. The zero-order chi connectivity index (χ0) is 20.9. The zero-order valence-corrected chi connectivity index (χ0v) is 15.8. The Hall–Kier alpha value is -4.32. The second-order valence-electron chi connectivity index (χ2n) is 6.53. The van der Waals surface area contributed by atoms with Crippen LogP contribution in [0.25, 0.3) is 22.2 Å². The SMILES string of the molecule is O=C(O)c1ccccc1C=NNC(=O)c1cc(-c2ccccc2)nc2ccccc12. The quantitative estimate of drug-likeness (QED) is 0.388. The van der Waals surface area contributed by atoms with Crippen LogP contribution in [0.2, 0.25) is 0 Å². The molecule has 0 spiro atoms. The topological polar surface area (TPSA) is 91.6 Å².